The molecule has 168 valence electrons. The lowest BCUT2D eigenvalue weighted by Gasteiger charge is -2.13. The Morgan fingerprint density at radius 2 is 1.62 bits per heavy atom. The van der Waals surface area contributed by atoms with E-state index in [-0.39, 0.29) is 11.7 Å². The molecular formula is C28H23N3O2S. The lowest BCUT2D eigenvalue weighted by molar-refractivity contribution is -0.113. The van der Waals surface area contributed by atoms with Gasteiger partial charge in [0.15, 0.2) is 0 Å². The molecule has 0 fully saturated rings. The normalized spacial score (nSPS) is 10.4. The van der Waals surface area contributed by atoms with E-state index in [4.69, 9.17) is 9.72 Å². The van der Waals surface area contributed by atoms with E-state index >= 15 is 0 Å². The number of benzene rings is 3. The van der Waals surface area contributed by atoms with Crippen molar-refractivity contribution >= 4 is 23.4 Å². The highest BCUT2D eigenvalue weighted by atomic mass is 32.2. The second-order valence-corrected chi connectivity index (χ2v) is 8.34. The van der Waals surface area contributed by atoms with Gasteiger partial charge in [-0.15, -0.1) is 0 Å². The highest BCUT2D eigenvalue weighted by molar-refractivity contribution is 8.00. The molecule has 0 aliphatic rings. The number of carbonyl (C=O) groups excluding carboxylic acids is 1. The molecule has 0 aliphatic heterocycles. The number of carbonyl (C=O) groups is 1. The van der Waals surface area contributed by atoms with Crippen molar-refractivity contribution in [2.24, 2.45) is 0 Å². The van der Waals surface area contributed by atoms with Crippen LogP contribution in [0.5, 0.6) is 5.75 Å². The molecule has 0 atom stereocenters. The average Bonchev–Trinajstić information content (AvgIpc) is 2.89. The first-order valence-corrected chi connectivity index (χ1v) is 11.9. The van der Waals surface area contributed by atoms with Gasteiger partial charge in [0.2, 0.25) is 5.91 Å². The molecule has 1 N–H and O–H groups in total. The van der Waals surface area contributed by atoms with Crippen LogP contribution in [0, 0.1) is 11.3 Å². The van der Waals surface area contributed by atoms with E-state index in [1.54, 1.807) is 12.1 Å². The largest absolute Gasteiger partial charge is 0.494 e. The maximum atomic E-state index is 12.6. The highest BCUT2D eigenvalue weighted by Gasteiger charge is 2.17. The quantitative estimate of drug-likeness (QED) is 0.304. The van der Waals surface area contributed by atoms with Crippen molar-refractivity contribution in [1.29, 1.82) is 5.26 Å². The Morgan fingerprint density at radius 1 is 0.971 bits per heavy atom. The Kier molecular flexibility index (Phi) is 7.59. The molecule has 5 nitrogen and oxygen atoms in total. The number of nitrogens with zero attached hydrogens (tertiary/aromatic N) is 2. The smallest absolute Gasteiger partial charge is 0.234 e. The van der Waals surface area contributed by atoms with Crippen LogP contribution >= 0.6 is 11.8 Å². The number of hydrogen-bond acceptors (Lipinski definition) is 5. The number of hydrogen-bond donors (Lipinski definition) is 1. The first-order chi connectivity index (χ1) is 16.7. The standard InChI is InChI=1S/C28H23N3O2S/c1-2-33-23-15-13-22(14-16-23)30-27(32)19-34-28-25(18-29)24(20-9-5-3-6-10-20)17-26(31-28)21-11-7-4-8-12-21/h3-17H,2,19H2,1H3,(H,30,32). The third-order valence-corrected chi connectivity index (χ3v) is 6.02. The summed E-state index contributed by atoms with van der Waals surface area (Å²) in [4.78, 5) is 17.4. The van der Waals surface area contributed by atoms with E-state index < -0.39 is 0 Å². The summed E-state index contributed by atoms with van der Waals surface area (Å²) in [6.45, 7) is 2.51. The number of amides is 1. The number of nitrogens with one attached hydrogen (secondary N) is 1. The molecule has 0 radical (unpaired) electrons. The van der Waals surface area contributed by atoms with E-state index in [0.717, 1.165) is 28.1 Å². The third kappa shape index (κ3) is 5.64. The topological polar surface area (TPSA) is 75.0 Å². The van der Waals surface area contributed by atoms with Crippen LogP contribution in [0.3, 0.4) is 0 Å². The van der Waals surface area contributed by atoms with Gasteiger partial charge in [-0.25, -0.2) is 4.98 Å². The Morgan fingerprint density at radius 3 is 2.24 bits per heavy atom. The first-order valence-electron chi connectivity index (χ1n) is 10.9. The highest BCUT2D eigenvalue weighted by Crippen LogP contribution is 2.34. The van der Waals surface area contributed by atoms with Gasteiger partial charge in [0.1, 0.15) is 16.8 Å². The Bertz CT molecular complexity index is 1300. The maximum absolute atomic E-state index is 12.6. The van der Waals surface area contributed by atoms with Gasteiger partial charge in [-0.05, 0) is 42.8 Å². The van der Waals surface area contributed by atoms with Gasteiger partial charge < -0.3 is 10.1 Å². The van der Waals surface area contributed by atoms with Gasteiger partial charge in [-0.3, -0.25) is 4.79 Å². The van der Waals surface area contributed by atoms with Crippen molar-refractivity contribution < 1.29 is 9.53 Å². The van der Waals surface area contributed by atoms with Crippen molar-refractivity contribution in [1.82, 2.24) is 4.98 Å². The van der Waals surface area contributed by atoms with Crippen LogP contribution in [0.15, 0.2) is 96.0 Å². The van der Waals surface area contributed by atoms with Crippen LogP contribution in [0.4, 0.5) is 5.69 Å². The number of aromatic nitrogens is 1. The molecule has 0 spiro atoms. The first kappa shape index (κ1) is 23.1. The summed E-state index contributed by atoms with van der Waals surface area (Å²) in [7, 11) is 0. The zero-order valence-corrected chi connectivity index (χ0v) is 19.5. The fourth-order valence-corrected chi connectivity index (χ4v) is 4.27. The number of ether oxygens (including phenoxy) is 1. The third-order valence-electron chi connectivity index (χ3n) is 5.04. The zero-order chi connectivity index (χ0) is 23.8. The number of anilines is 1. The molecule has 4 aromatic rings. The monoisotopic (exact) mass is 465 g/mol. The van der Waals surface area contributed by atoms with Crippen molar-refractivity contribution in [3.8, 4) is 34.2 Å². The van der Waals surface area contributed by atoms with Crippen molar-refractivity contribution in [2.75, 3.05) is 17.7 Å². The van der Waals surface area contributed by atoms with Crippen LogP contribution < -0.4 is 10.1 Å². The van der Waals surface area contributed by atoms with Crippen LogP contribution in [0.2, 0.25) is 0 Å². The maximum Gasteiger partial charge on any atom is 0.234 e. The van der Waals surface area contributed by atoms with E-state index in [2.05, 4.69) is 11.4 Å². The summed E-state index contributed by atoms with van der Waals surface area (Å²) >= 11 is 1.26. The van der Waals surface area contributed by atoms with Crippen LogP contribution in [-0.2, 0) is 4.79 Å². The van der Waals surface area contributed by atoms with Crippen LogP contribution in [-0.4, -0.2) is 23.3 Å². The predicted molar refractivity (Wildman–Crippen MR) is 137 cm³/mol. The fourth-order valence-electron chi connectivity index (χ4n) is 3.47. The Labute approximate surface area is 203 Å². The Balaban J connectivity index is 1.60. The Hall–Kier alpha value is -4.08. The molecule has 0 aliphatic carbocycles. The van der Waals surface area contributed by atoms with Crippen molar-refractivity contribution in [3.63, 3.8) is 0 Å². The van der Waals surface area contributed by atoms with E-state index in [0.29, 0.717) is 22.9 Å². The zero-order valence-electron chi connectivity index (χ0n) is 18.7. The number of rotatable bonds is 8. The summed E-state index contributed by atoms with van der Waals surface area (Å²) in [5.74, 6) is 0.705. The van der Waals surface area contributed by atoms with E-state index in [1.165, 1.54) is 11.8 Å². The second-order valence-electron chi connectivity index (χ2n) is 7.37. The molecule has 1 amide bonds. The lowest BCUT2D eigenvalue weighted by Crippen LogP contribution is -2.14. The van der Waals surface area contributed by atoms with Gasteiger partial charge in [-0.1, -0.05) is 72.4 Å². The molecule has 3 aromatic carbocycles. The summed E-state index contributed by atoms with van der Waals surface area (Å²) < 4.78 is 5.44. The number of thioether (sulfide) groups is 1. The van der Waals surface area contributed by atoms with Crippen LogP contribution in [0.1, 0.15) is 12.5 Å². The summed E-state index contributed by atoms with van der Waals surface area (Å²) in [6, 6.07) is 31.1. The van der Waals surface area contributed by atoms with Gasteiger partial charge >= 0.3 is 0 Å². The van der Waals surface area contributed by atoms with Gasteiger partial charge in [0.25, 0.3) is 0 Å². The van der Waals surface area contributed by atoms with Crippen molar-refractivity contribution in [2.45, 2.75) is 11.9 Å². The molecule has 0 saturated heterocycles. The van der Waals surface area contributed by atoms with E-state index in [1.807, 2.05) is 85.8 Å². The minimum Gasteiger partial charge on any atom is -0.494 e. The summed E-state index contributed by atoms with van der Waals surface area (Å²) in [5, 5.41) is 13.4. The van der Waals surface area contributed by atoms with Gasteiger partial charge in [0, 0.05) is 16.8 Å². The van der Waals surface area contributed by atoms with Gasteiger partial charge in [-0.2, -0.15) is 5.26 Å². The average molecular weight is 466 g/mol. The molecule has 34 heavy (non-hydrogen) atoms. The molecule has 0 bridgehead atoms. The molecule has 6 heteroatoms. The molecule has 1 heterocycles. The molecule has 4 rings (SSSR count). The number of pyridine rings is 1. The predicted octanol–water partition coefficient (Wildman–Crippen LogP) is 6.42. The second kappa shape index (κ2) is 11.2. The minimum atomic E-state index is -0.175. The minimum absolute atomic E-state index is 0.126. The lowest BCUT2D eigenvalue weighted by atomic mass is 9.99. The molecule has 1 aromatic heterocycles. The SMILES string of the molecule is CCOc1ccc(NC(=O)CSc2nc(-c3ccccc3)cc(-c3ccccc3)c2C#N)cc1. The summed E-state index contributed by atoms with van der Waals surface area (Å²) in [6.07, 6.45) is 0. The molecule has 0 saturated carbocycles. The van der Waals surface area contributed by atoms with Crippen LogP contribution in [0.25, 0.3) is 22.4 Å². The fraction of sp³-hybridized carbons (Fsp3) is 0.107. The number of nitriles is 1. The molecular weight excluding hydrogens is 442 g/mol. The van der Waals surface area contributed by atoms with Crippen molar-refractivity contribution in [3.05, 3.63) is 96.6 Å². The summed E-state index contributed by atoms with van der Waals surface area (Å²) in [5.41, 5.74) is 4.58. The van der Waals surface area contributed by atoms with Gasteiger partial charge in [0.05, 0.1) is 23.6 Å². The van der Waals surface area contributed by atoms with E-state index in [9.17, 15) is 10.1 Å². The molecule has 0 unspecified atom stereocenters.